The first-order chi connectivity index (χ1) is 11.3. The Labute approximate surface area is 146 Å². The highest BCUT2D eigenvalue weighted by Crippen LogP contribution is 2.23. The van der Waals surface area contributed by atoms with E-state index in [1.54, 1.807) is 38.3 Å². The van der Waals surface area contributed by atoms with Crippen LogP contribution in [0, 0.1) is 6.92 Å². The minimum atomic E-state index is -1.02. The van der Waals surface area contributed by atoms with E-state index in [0.29, 0.717) is 22.0 Å². The van der Waals surface area contributed by atoms with Crippen LogP contribution in [-0.4, -0.2) is 32.4 Å². The van der Waals surface area contributed by atoms with Crippen LogP contribution in [0.3, 0.4) is 0 Å². The number of hydrogen-bond donors (Lipinski definition) is 2. The highest BCUT2D eigenvalue weighted by atomic mass is 32.2. The summed E-state index contributed by atoms with van der Waals surface area (Å²) < 4.78 is 11.3. The molecule has 0 spiro atoms. The molecule has 6 nitrogen and oxygen atoms in total. The molecule has 2 aromatic rings. The molecule has 0 radical (unpaired) electrons. The zero-order chi connectivity index (χ0) is 17.9. The predicted molar refractivity (Wildman–Crippen MR) is 93.9 cm³/mol. The number of carboxylic acids is 1. The van der Waals surface area contributed by atoms with E-state index in [4.69, 9.17) is 5.11 Å². The van der Waals surface area contributed by atoms with Gasteiger partial charge in [0.2, 0.25) is 0 Å². The van der Waals surface area contributed by atoms with Gasteiger partial charge in [0.1, 0.15) is 9.88 Å². The van der Waals surface area contributed by atoms with Crippen molar-refractivity contribution in [1.29, 1.82) is 0 Å². The number of nitrogens with zero attached hydrogens (tertiary/aromatic N) is 1. The van der Waals surface area contributed by atoms with E-state index < -0.39 is 22.8 Å². The zero-order valence-corrected chi connectivity index (χ0v) is 15.2. The zero-order valence-electron chi connectivity index (χ0n) is 13.5. The topological polar surface area (TPSA) is 96.4 Å². The number of carbonyl (C=O) groups is 2. The Kier molecular flexibility index (Phi) is 5.84. The Morgan fingerprint density at radius 2 is 2.12 bits per heavy atom. The van der Waals surface area contributed by atoms with E-state index >= 15 is 0 Å². The molecule has 0 bridgehead atoms. The molecule has 0 aliphatic carbocycles. The second-order valence-corrected chi connectivity index (χ2v) is 7.85. The predicted octanol–water partition coefficient (Wildman–Crippen LogP) is 2.52. The molecule has 1 amide bonds. The minimum Gasteiger partial charge on any atom is -0.477 e. The van der Waals surface area contributed by atoms with Crippen molar-refractivity contribution in [2.75, 3.05) is 6.26 Å². The van der Waals surface area contributed by atoms with Crippen LogP contribution >= 0.6 is 11.3 Å². The summed E-state index contributed by atoms with van der Waals surface area (Å²) in [5.74, 6) is -0.907. The highest BCUT2D eigenvalue weighted by Gasteiger charge is 2.19. The number of hydrogen-bond acceptors (Lipinski definition) is 5. The lowest BCUT2D eigenvalue weighted by Gasteiger charge is -2.12. The van der Waals surface area contributed by atoms with Crippen molar-refractivity contribution in [3.63, 3.8) is 0 Å². The number of aromatic nitrogens is 1. The van der Waals surface area contributed by atoms with Gasteiger partial charge in [-0.15, -0.1) is 11.3 Å². The van der Waals surface area contributed by atoms with Gasteiger partial charge in [0.05, 0.1) is 11.7 Å². The van der Waals surface area contributed by atoms with Crippen molar-refractivity contribution < 1.29 is 18.9 Å². The van der Waals surface area contributed by atoms with Gasteiger partial charge in [0.15, 0.2) is 0 Å². The van der Waals surface area contributed by atoms with Gasteiger partial charge in [-0.2, -0.15) is 0 Å². The molecule has 0 fully saturated rings. The summed E-state index contributed by atoms with van der Waals surface area (Å²) in [6, 6.07) is 6.56. The van der Waals surface area contributed by atoms with E-state index in [2.05, 4.69) is 10.3 Å². The fourth-order valence-electron chi connectivity index (χ4n) is 2.18. The number of amides is 1. The number of nitrogens with one attached hydrogen (secondary N) is 1. The number of carbonyl (C=O) groups excluding carboxylic acids is 1. The van der Waals surface area contributed by atoms with Gasteiger partial charge in [-0.1, -0.05) is 12.1 Å². The van der Waals surface area contributed by atoms with Crippen LogP contribution in [0.2, 0.25) is 0 Å². The number of carboxylic acid groups (broad SMARTS) is 1. The van der Waals surface area contributed by atoms with E-state index in [9.17, 15) is 13.8 Å². The van der Waals surface area contributed by atoms with Crippen molar-refractivity contribution in [2.24, 2.45) is 0 Å². The molecule has 1 aromatic carbocycles. The number of rotatable bonds is 6. The average molecular weight is 366 g/mol. The van der Waals surface area contributed by atoms with Crippen LogP contribution in [0.25, 0.3) is 0 Å². The van der Waals surface area contributed by atoms with Gasteiger partial charge in [0, 0.05) is 28.4 Å². The second-order valence-electron chi connectivity index (χ2n) is 5.38. The van der Waals surface area contributed by atoms with Gasteiger partial charge < -0.3 is 10.4 Å². The maximum absolute atomic E-state index is 12.4. The van der Waals surface area contributed by atoms with Crippen LogP contribution in [0.15, 0.2) is 24.3 Å². The Morgan fingerprint density at radius 3 is 2.71 bits per heavy atom. The number of benzene rings is 1. The minimum absolute atomic E-state index is 0.179. The Balaban J connectivity index is 2.13. The van der Waals surface area contributed by atoms with Crippen LogP contribution < -0.4 is 5.32 Å². The molecule has 2 rings (SSSR count). The van der Waals surface area contributed by atoms with Gasteiger partial charge in [-0.3, -0.25) is 9.00 Å². The summed E-state index contributed by atoms with van der Waals surface area (Å²) in [5, 5.41) is 12.4. The maximum atomic E-state index is 12.4. The Morgan fingerprint density at radius 1 is 1.42 bits per heavy atom. The molecule has 0 aliphatic rings. The van der Waals surface area contributed by atoms with Crippen LogP contribution in [0.1, 0.15) is 49.3 Å². The number of aromatic carboxylic acids is 1. The second kappa shape index (κ2) is 7.67. The van der Waals surface area contributed by atoms with Gasteiger partial charge >= 0.3 is 5.97 Å². The summed E-state index contributed by atoms with van der Waals surface area (Å²) in [6.45, 7) is 3.39. The van der Waals surface area contributed by atoms with E-state index in [1.165, 1.54) is 0 Å². The normalized spacial score (nSPS) is 13.3. The summed E-state index contributed by atoms with van der Waals surface area (Å²) >= 11 is 1.06. The maximum Gasteiger partial charge on any atom is 0.347 e. The lowest BCUT2D eigenvalue weighted by molar-refractivity contribution is 0.0701. The molecule has 8 heteroatoms. The number of thiazole rings is 1. The van der Waals surface area contributed by atoms with Crippen molar-refractivity contribution >= 4 is 34.0 Å². The molecule has 1 heterocycles. The molecular formula is C16H18N2O4S2. The standard InChI is InChI=1S/C16H18N2O4S2/c1-9-13(16(20)21)23-15(18-9)10(2)17-14(19)12-6-4-5-11(7-12)8-24(3)22/h4-7,10H,8H2,1-3H3,(H,17,19)(H,20,21). The molecule has 2 atom stereocenters. The van der Waals surface area contributed by atoms with Crippen LogP contribution in [0.5, 0.6) is 0 Å². The van der Waals surface area contributed by atoms with Gasteiger partial charge in [0.25, 0.3) is 5.91 Å². The van der Waals surface area contributed by atoms with Crippen molar-refractivity contribution in [2.45, 2.75) is 25.6 Å². The van der Waals surface area contributed by atoms with E-state index in [-0.39, 0.29) is 10.8 Å². The molecule has 0 saturated carbocycles. The smallest absolute Gasteiger partial charge is 0.347 e. The third kappa shape index (κ3) is 4.48. The third-order valence-corrected chi connectivity index (χ3v) is 5.35. The monoisotopic (exact) mass is 366 g/mol. The van der Waals surface area contributed by atoms with Gasteiger partial charge in [-0.25, -0.2) is 9.78 Å². The molecule has 2 N–H and O–H groups in total. The Bertz CT molecular complexity index is 801. The summed E-state index contributed by atoms with van der Waals surface area (Å²) in [7, 11) is -0.979. The lowest BCUT2D eigenvalue weighted by Crippen LogP contribution is -2.26. The molecular weight excluding hydrogens is 348 g/mol. The summed E-state index contributed by atoms with van der Waals surface area (Å²) in [6.07, 6.45) is 1.61. The molecule has 0 aliphatic heterocycles. The molecule has 0 saturated heterocycles. The SMILES string of the molecule is Cc1nc(C(C)NC(=O)c2cccc(CS(C)=O)c2)sc1C(=O)O. The molecule has 2 unspecified atom stereocenters. The fourth-order valence-corrected chi connectivity index (χ4v) is 3.74. The summed E-state index contributed by atoms with van der Waals surface area (Å²) in [5.41, 5.74) is 1.74. The first-order valence-electron chi connectivity index (χ1n) is 7.18. The first kappa shape index (κ1) is 18.3. The largest absolute Gasteiger partial charge is 0.477 e. The Hall–Kier alpha value is -2.06. The summed E-state index contributed by atoms with van der Waals surface area (Å²) in [4.78, 5) is 27.8. The van der Waals surface area contributed by atoms with Gasteiger partial charge in [-0.05, 0) is 31.5 Å². The molecule has 128 valence electrons. The first-order valence-corrected chi connectivity index (χ1v) is 9.72. The molecule has 24 heavy (non-hydrogen) atoms. The van der Waals surface area contributed by atoms with Crippen molar-refractivity contribution in [3.8, 4) is 0 Å². The van der Waals surface area contributed by atoms with E-state index in [1.807, 2.05) is 6.07 Å². The quantitative estimate of drug-likeness (QED) is 0.819. The molecule has 1 aromatic heterocycles. The van der Waals surface area contributed by atoms with Crippen LogP contribution in [0.4, 0.5) is 0 Å². The van der Waals surface area contributed by atoms with Crippen LogP contribution in [-0.2, 0) is 16.6 Å². The van der Waals surface area contributed by atoms with Crippen molar-refractivity contribution in [3.05, 3.63) is 51.0 Å². The number of aryl methyl sites for hydroxylation is 1. The highest BCUT2D eigenvalue weighted by molar-refractivity contribution is 7.83. The average Bonchev–Trinajstić information content (AvgIpc) is 2.89. The van der Waals surface area contributed by atoms with Crippen molar-refractivity contribution in [1.82, 2.24) is 10.3 Å². The van der Waals surface area contributed by atoms with E-state index in [0.717, 1.165) is 16.9 Å². The third-order valence-electron chi connectivity index (χ3n) is 3.28. The lowest BCUT2D eigenvalue weighted by atomic mass is 10.1. The fraction of sp³-hybridized carbons (Fsp3) is 0.312.